The lowest BCUT2D eigenvalue weighted by molar-refractivity contribution is -0.386. The summed E-state index contributed by atoms with van der Waals surface area (Å²) < 4.78 is 47.1. The van der Waals surface area contributed by atoms with E-state index in [4.69, 9.17) is 10.7 Å². The highest BCUT2D eigenvalue weighted by molar-refractivity contribution is 8.13. The molecule has 6 nitrogen and oxygen atoms in total. The fourth-order valence-electron chi connectivity index (χ4n) is 1.13. The van der Waals surface area contributed by atoms with Crippen LogP contribution in [0.25, 0.3) is 0 Å². The molecule has 0 spiro atoms. The summed E-state index contributed by atoms with van der Waals surface area (Å²) in [7, 11) is 0.387. The third kappa shape index (κ3) is 2.86. The first-order valence-electron chi connectivity index (χ1n) is 4.03. The zero-order valence-corrected chi connectivity index (χ0v) is 9.80. The highest BCUT2D eigenvalue weighted by Crippen LogP contribution is 2.31. The Morgan fingerprint density at radius 1 is 1.53 bits per heavy atom. The maximum Gasteiger partial charge on any atom is 0.291 e. The number of aromatic nitrogens is 1. The van der Waals surface area contributed by atoms with Crippen molar-refractivity contribution in [2.24, 2.45) is 0 Å². The number of aryl methyl sites for hydroxylation is 1. The van der Waals surface area contributed by atoms with Gasteiger partial charge in [-0.25, -0.2) is 22.2 Å². The Morgan fingerprint density at radius 2 is 2.06 bits per heavy atom. The molecule has 0 amide bonds. The molecule has 1 heterocycles. The van der Waals surface area contributed by atoms with Crippen LogP contribution in [0.2, 0.25) is 0 Å². The molecule has 0 aromatic carbocycles. The van der Waals surface area contributed by atoms with Crippen molar-refractivity contribution in [3.8, 4) is 0 Å². The van der Waals surface area contributed by atoms with E-state index < -0.39 is 36.7 Å². The van der Waals surface area contributed by atoms with Crippen molar-refractivity contribution in [2.75, 3.05) is 0 Å². The molecule has 0 aliphatic heterocycles. The molecule has 1 rings (SSSR count). The summed E-state index contributed by atoms with van der Waals surface area (Å²) in [6.07, 6.45) is -3.20. The third-order valence-corrected chi connectivity index (χ3v) is 3.20. The van der Waals surface area contributed by atoms with Crippen LogP contribution < -0.4 is 0 Å². The summed E-state index contributed by atoms with van der Waals surface area (Å²) in [6, 6.07) is 0.478. The number of rotatable bonds is 3. The van der Waals surface area contributed by atoms with Gasteiger partial charge in [0, 0.05) is 16.7 Å². The maximum absolute atomic E-state index is 12.5. The van der Waals surface area contributed by atoms with Gasteiger partial charge >= 0.3 is 0 Å². The third-order valence-electron chi connectivity index (χ3n) is 1.85. The Labute approximate surface area is 98.8 Å². The predicted octanol–water partition coefficient (Wildman–Crippen LogP) is 2.16. The quantitative estimate of drug-likeness (QED) is 0.482. The van der Waals surface area contributed by atoms with E-state index in [1.165, 1.54) is 0 Å². The Morgan fingerprint density at radius 3 is 2.41 bits per heavy atom. The first-order chi connectivity index (χ1) is 7.64. The van der Waals surface area contributed by atoms with E-state index in [0.29, 0.717) is 6.07 Å². The Bertz CT molecular complexity index is 575. The van der Waals surface area contributed by atoms with Crippen LogP contribution in [0.5, 0.6) is 0 Å². The summed E-state index contributed by atoms with van der Waals surface area (Å²) in [6.45, 7) is 1.12. The first-order valence-corrected chi connectivity index (χ1v) is 6.34. The van der Waals surface area contributed by atoms with Gasteiger partial charge in [0.25, 0.3) is 21.2 Å². The maximum atomic E-state index is 12.5. The molecule has 1 aromatic heterocycles. The molecular formula is C7H5ClF2N2O4S. The summed E-state index contributed by atoms with van der Waals surface area (Å²) in [4.78, 5) is 11.8. The van der Waals surface area contributed by atoms with Gasteiger partial charge in [-0.3, -0.25) is 10.1 Å². The number of alkyl halides is 2. The van der Waals surface area contributed by atoms with Gasteiger partial charge in [-0.2, -0.15) is 0 Å². The van der Waals surface area contributed by atoms with Crippen molar-refractivity contribution in [1.82, 2.24) is 4.98 Å². The molecule has 0 fully saturated rings. The topological polar surface area (TPSA) is 90.2 Å². The molecule has 0 bridgehead atoms. The molecule has 1 aromatic rings. The summed E-state index contributed by atoms with van der Waals surface area (Å²) in [5.74, 6) is 0. The largest absolute Gasteiger partial charge is 0.291 e. The lowest BCUT2D eigenvalue weighted by Crippen LogP contribution is -2.06. The molecule has 0 saturated heterocycles. The number of hydrogen-bond acceptors (Lipinski definition) is 5. The van der Waals surface area contributed by atoms with Crippen LogP contribution in [-0.2, 0) is 9.05 Å². The zero-order valence-electron chi connectivity index (χ0n) is 8.22. The minimum Gasteiger partial charge on any atom is -0.258 e. The lowest BCUT2D eigenvalue weighted by Gasteiger charge is -2.06. The SMILES string of the molecule is Cc1nc(C(F)F)c(S(=O)(=O)Cl)cc1[N+](=O)[O-]. The first kappa shape index (κ1) is 13.7. The van der Waals surface area contributed by atoms with Crippen LogP contribution >= 0.6 is 10.7 Å². The molecule has 17 heavy (non-hydrogen) atoms. The van der Waals surface area contributed by atoms with Crippen molar-refractivity contribution in [2.45, 2.75) is 18.2 Å². The van der Waals surface area contributed by atoms with Crippen molar-refractivity contribution < 1.29 is 22.1 Å². The van der Waals surface area contributed by atoms with Crippen molar-refractivity contribution in [3.05, 3.63) is 27.6 Å². The van der Waals surface area contributed by atoms with E-state index in [2.05, 4.69) is 4.98 Å². The van der Waals surface area contributed by atoms with E-state index in [9.17, 15) is 27.3 Å². The minimum absolute atomic E-state index is 0.311. The average molecular weight is 287 g/mol. The second-order valence-corrected chi connectivity index (χ2v) is 5.51. The predicted molar refractivity (Wildman–Crippen MR) is 53.6 cm³/mol. The van der Waals surface area contributed by atoms with Gasteiger partial charge in [-0.05, 0) is 6.92 Å². The number of nitrogens with zero attached hydrogens (tertiary/aromatic N) is 2. The molecule has 94 valence electrons. The fourth-order valence-corrected chi connectivity index (χ4v) is 2.14. The van der Waals surface area contributed by atoms with Gasteiger partial charge in [-0.1, -0.05) is 0 Å². The van der Waals surface area contributed by atoms with Gasteiger partial charge in [0.1, 0.15) is 16.3 Å². The molecule has 0 radical (unpaired) electrons. The second kappa shape index (κ2) is 4.49. The smallest absolute Gasteiger partial charge is 0.258 e. The monoisotopic (exact) mass is 286 g/mol. The highest BCUT2D eigenvalue weighted by Gasteiger charge is 2.28. The molecule has 0 aliphatic carbocycles. The van der Waals surface area contributed by atoms with Crippen LogP contribution in [-0.4, -0.2) is 18.3 Å². The number of halogens is 3. The molecule has 10 heteroatoms. The normalized spacial score (nSPS) is 11.8. The Kier molecular flexibility index (Phi) is 3.62. The van der Waals surface area contributed by atoms with Gasteiger partial charge in [0.05, 0.1) is 4.92 Å². The fraction of sp³-hybridized carbons (Fsp3) is 0.286. The van der Waals surface area contributed by atoms with Crippen molar-refractivity contribution >= 4 is 25.4 Å². The van der Waals surface area contributed by atoms with Crippen LogP contribution in [0.15, 0.2) is 11.0 Å². The Hall–Kier alpha value is -1.35. The number of pyridine rings is 1. The zero-order chi connectivity index (χ0) is 13.4. The molecule has 0 unspecified atom stereocenters. The molecule has 0 N–H and O–H groups in total. The van der Waals surface area contributed by atoms with Crippen molar-refractivity contribution in [3.63, 3.8) is 0 Å². The molecular weight excluding hydrogens is 282 g/mol. The van der Waals surface area contributed by atoms with Crippen LogP contribution in [0.4, 0.5) is 14.5 Å². The van der Waals surface area contributed by atoms with Gasteiger partial charge < -0.3 is 0 Å². The standard InChI is InChI=1S/C7H5ClF2N2O4S/c1-3-4(12(13)14)2-5(17(8,15)16)6(11-3)7(9)10/h2,7H,1H3. The van der Waals surface area contributed by atoms with E-state index in [0.717, 1.165) is 6.92 Å². The van der Waals surface area contributed by atoms with Gasteiger partial charge in [0.2, 0.25) is 0 Å². The lowest BCUT2D eigenvalue weighted by atomic mass is 10.2. The number of nitro groups is 1. The molecule has 0 saturated carbocycles. The van der Waals surface area contributed by atoms with E-state index in [1.807, 2.05) is 0 Å². The average Bonchev–Trinajstić information content (AvgIpc) is 2.14. The van der Waals surface area contributed by atoms with Crippen LogP contribution in [0.3, 0.4) is 0 Å². The Balaban J connectivity index is 3.66. The van der Waals surface area contributed by atoms with E-state index >= 15 is 0 Å². The van der Waals surface area contributed by atoms with E-state index in [1.54, 1.807) is 0 Å². The molecule has 0 atom stereocenters. The van der Waals surface area contributed by atoms with Crippen molar-refractivity contribution in [1.29, 1.82) is 0 Å². The minimum atomic E-state index is -4.53. The highest BCUT2D eigenvalue weighted by atomic mass is 35.7. The van der Waals surface area contributed by atoms with Gasteiger partial charge in [0.15, 0.2) is 0 Å². The number of hydrogen-bond donors (Lipinski definition) is 0. The van der Waals surface area contributed by atoms with E-state index in [-0.39, 0.29) is 5.69 Å². The van der Waals surface area contributed by atoms with Crippen LogP contribution in [0.1, 0.15) is 17.8 Å². The summed E-state index contributed by atoms with van der Waals surface area (Å²) >= 11 is 0. The summed E-state index contributed by atoms with van der Waals surface area (Å²) in [5.41, 5.74) is -2.09. The van der Waals surface area contributed by atoms with Crippen LogP contribution in [0, 0.1) is 17.0 Å². The molecule has 0 aliphatic rings. The summed E-state index contributed by atoms with van der Waals surface area (Å²) in [5, 5.41) is 10.5. The second-order valence-electron chi connectivity index (χ2n) is 2.97. The van der Waals surface area contributed by atoms with Gasteiger partial charge in [-0.15, -0.1) is 0 Å².